The molecule has 31 heavy (non-hydrogen) atoms. The van der Waals surface area contributed by atoms with E-state index in [0.717, 1.165) is 61.7 Å². The Morgan fingerprint density at radius 3 is 2.65 bits per heavy atom. The van der Waals surface area contributed by atoms with Crippen LogP contribution in [0, 0.1) is 63.6 Å². The maximum absolute atomic E-state index is 11.0. The molecule has 7 unspecified atom stereocenters. The lowest BCUT2D eigenvalue weighted by molar-refractivity contribution is 0.0859. The molecular formula is C29H45NO. The van der Waals surface area contributed by atoms with Gasteiger partial charge in [-0.2, -0.15) is 4.91 Å². The first-order valence-corrected chi connectivity index (χ1v) is 12.8. The lowest BCUT2D eigenvalue weighted by atomic mass is 9.65. The summed E-state index contributed by atoms with van der Waals surface area (Å²) in [7, 11) is 0. The SMILES string of the molecule is C#CC1(CC)CCC(/C=C(/C)C(C)(CCN=O)C(=C)CCC2CC3C[C@H](C)C3C2C)C1. The van der Waals surface area contributed by atoms with E-state index in [0.29, 0.717) is 12.5 Å². The summed E-state index contributed by atoms with van der Waals surface area (Å²) in [6.07, 6.45) is 18.7. The predicted molar refractivity (Wildman–Crippen MR) is 132 cm³/mol. The van der Waals surface area contributed by atoms with Crippen molar-refractivity contribution in [3.8, 4) is 12.3 Å². The van der Waals surface area contributed by atoms with E-state index in [9.17, 15) is 4.91 Å². The van der Waals surface area contributed by atoms with Gasteiger partial charge in [-0.15, -0.1) is 6.42 Å². The number of nitrogens with zero attached hydrogens (tertiary/aromatic N) is 1. The molecule has 8 atom stereocenters. The molecule has 172 valence electrons. The topological polar surface area (TPSA) is 29.4 Å². The number of hydrogen-bond acceptors (Lipinski definition) is 2. The molecule has 0 radical (unpaired) electrons. The molecular weight excluding hydrogens is 378 g/mol. The quantitative estimate of drug-likeness (QED) is 0.198. The van der Waals surface area contributed by atoms with Crippen molar-refractivity contribution in [1.29, 1.82) is 0 Å². The highest BCUT2D eigenvalue weighted by molar-refractivity contribution is 5.27. The zero-order valence-corrected chi connectivity index (χ0v) is 20.8. The molecule has 3 aliphatic carbocycles. The van der Waals surface area contributed by atoms with Crippen molar-refractivity contribution in [2.45, 2.75) is 92.4 Å². The highest BCUT2D eigenvalue weighted by Gasteiger charge is 2.49. The molecule has 0 aromatic heterocycles. The van der Waals surface area contributed by atoms with Crippen molar-refractivity contribution in [3.63, 3.8) is 0 Å². The molecule has 3 fully saturated rings. The van der Waals surface area contributed by atoms with E-state index >= 15 is 0 Å². The first-order valence-electron chi connectivity index (χ1n) is 12.8. The third-order valence-electron chi connectivity index (χ3n) is 10.1. The van der Waals surface area contributed by atoms with E-state index in [1.807, 2.05) is 0 Å². The summed E-state index contributed by atoms with van der Waals surface area (Å²) in [5.74, 6) is 8.19. The second-order valence-corrected chi connectivity index (χ2v) is 11.6. The van der Waals surface area contributed by atoms with Crippen LogP contribution in [0.15, 0.2) is 29.0 Å². The number of terminal acetylenes is 1. The van der Waals surface area contributed by atoms with E-state index in [4.69, 9.17) is 6.42 Å². The summed E-state index contributed by atoms with van der Waals surface area (Å²) in [4.78, 5) is 11.0. The highest BCUT2D eigenvalue weighted by Crippen LogP contribution is 2.57. The molecule has 0 heterocycles. The fourth-order valence-electron chi connectivity index (χ4n) is 7.52. The van der Waals surface area contributed by atoms with Gasteiger partial charge in [0.05, 0.1) is 6.54 Å². The van der Waals surface area contributed by atoms with Crippen molar-refractivity contribution in [3.05, 3.63) is 28.7 Å². The van der Waals surface area contributed by atoms with E-state index in [1.165, 1.54) is 36.8 Å². The Kier molecular flexibility index (Phi) is 7.55. The van der Waals surface area contributed by atoms with Gasteiger partial charge >= 0.3 is 0 Å². The maximum Gasteiger partial charge on any atom is 0.0822 e. The van der Waals surface area contributed by atoms with Crippen LogP contribution in [-0.4, -0.2) is 6.54 Å². The number of nitroso groups, excluding NO2 is 1. The van der Waals surface area contributed by atoms with Gasteiger partial charge in [0.1, 0.15) is 0 Å². The van der Waals surface area contributed by atoms with Gasteiger partial charge in [-0.25, -0.2) is 0 Å². The molecule has 0 aliphatic heterocycles. The van der Waals surface area contributed by atoms with Gasteiger partial charge in [-0.05, 0) is 100 Å². The average Bonchev–Trinajstić information content (AvgIpc) is 3.27. The molecule has 0 saturated heterocycles. The van der Waals surface area contributed by atoms with Crippen LogP contribution in [0.2, 0.25) is 0 Å². The lowest BCUT2D eigenvalue weighted by Crippen LogP contribution is -2.33. The van der Waals surface area contributed by atoms with Gasteiger partial charge in [0, 0.05) is 10.8 Å². The van der Waals surface area contributed by atoms with Crippen LogP contribution >= 0.6 is 0 Å². The minimum atomic E-state index is -0.143. The summed E-state index contributed by atoms with van der Waals surface area (Å²) in [6.45, 7) is 16.6. The van der Waals surface area contributed by atoms with Crippen LogP contribution in [0.1, 0.15) is 92.4 Å². The van der Waals surface area contributed by atoms with Crippen molar-refractivity contribution in [2.24, 2.45) is 51.5 Å². The molecule has 3 rings (SSSR count). The molecule has 0 aromatic rings. The van der Waals surface area contributed by atoms with Gasteiger partial charge in [-0.1, -0.05) is 62.6 Å². The Hall–Kier alpha value is -1.36. The van der Waals surface area contributed by atoms with E-state index < -0.39 is 0 Å². The Balaban J connectivity index is 1.67. The first-order chi connectivity index (χ1) is 14.7. The molecule has 3 aliphatic rings. The van der Waals surface area contributed by atoms with Gasteiger partial charge in [0.2, 0.25) is 0 Å². The molecule has 2 heteroatoms. The minimum Gasteiger partial charge on any atom is -0.151 e. The lowest BCUT2D eigenvalue weighted by Gasteiger charge is -2.40. The maximum atomic E-state index is 11.0. The third kappa shape index (κ3) is 4.72. The smallest absolute Gasteiger partial charge is 0.0822 e. The standard InChI is InChI=1S/C29H45NO/c1-8-29(9-2)13-12-24(19-29)17-22(5)28(7,14-15-30-31)21(4)10-11-25-18-26-16-20(3)27(26)23(25)6/h1,17,20,23-27H,4,9-16,18-19H2,2-3,5-7H3/b22-17-/t20-,23?,24?,25?,26?,27?,28?,29?/m0/s1. The number of fused-ring (bicyclic) bond motifs is 1. The fraction of sp³-hybridized carbons (Fsp3) is 0.793. The zero-order chi connectivity index (χ0) is 22.8. The summed E-state index contributed by atoms with van der Waals surface area (Å²) in [5, 5.41) is 3.21. The largest absolute Gasteiger partial charge is 0.151 e. The molecule has 0 bridgehead atoms. The summed E-state index contributed by atoms with van der Waals surface area (Å²) < 4.78 is 0. The third-order valence-corrected chi connectivity index (χ3v) is 10.1. The van der Waals surface area contributed by atoms with E-state index in [1.54, 1.807) is 0 Å². The summed E-state index contributed by atoms with van der Waals surface area (Å²) in [6, 6.07) is 0. The Morgan fingerprint density at radius 1 is 1.35 bits per heavy atom. The van der Waals surface area contributed by atoms with Crippen molar-refractivity contribution in [2.75, 3.05) is 6.54 Å². The summed E-state index contributed by atoms with van der Waals surface area (Å²) >= 11 is 0. The normalized spacial score (nSPS) is 39.3. The minimum absolute atomic E-state index is 0.0777. The second-order valence-electron chi connectivity index (χ2n) is 11.6. The number of allylic oxidation sites excluding steroid dienone is 3. The van der Waals surface area contributed by atoms with E-state index in [2.05, 4.69) is 58.4 Å². The van der Waals surface area contributed by atoms with Crippen molar-refractivity contribution in [1.82, 2.24) is 0 Å². The number of hydrogen-bond donors (Lipinski definition) is 0. The first kappa shape index (κ1) is 24.3. The highest BCUT2D eigenvalue weighted by atomic mass is 16.3. The van der Waals surface area contributed by atoms with E-state index in [-0.39, 0.29) is 10.8 Å². The van der Waals surface area contributed by atoms with Crippen LogP contribution in [0.3, 0.4) is 0 Å². The van der Waals surface area contributed by atoms with Crippen LogP contribution in [0.4, 0.5) is 0 Å². The molecule has 3 saturated carbocycles. The van der Waals surface area contributed by atoms with Crippen LogP contribution in [0.5, 0.6) is 0 Å². The fourth-order valence-corrected chi connectivity index (χ4v) is 7.52. The average molecular weight is 424 g/mol. The molecule has 0 aromatic carbocycles. The van der Waals surface area contributed by atoms with Crippen LogP contribution in [-0.2, 0) is 0 Å². The van der Waals surface area contributed by atoms with Crippen LogP contribution in [0.25, 0.3) is 0 Å². The molecule has 0 amide bonds. The second kappa shape index (κ2) is 9.64. The van der Waals surface area contributed by atoms with Crippen molar-refractivity contribution < 1.29 is 0 Å². The predicted octanol–water partition coefficient (Wildman–Crippen LogP) is 8.19. The Labute approximate surface area is 191 Å². The molecule has 0 N–H and O–H groups in total. The van der Waals surface area contributed by atoms with Gasteiger partial charge < -0.3 is 0 Å². The molecule has 2 nitrogen and oxygen atoms in total. The number of rotatable bonds is 10. The molecule has 0 spiro atoms. The van der Waals surface area contributed by atoms with Crippen LogP contribution < -0.4 is 0 Å². The zero-order valence-electron chi connectivity index (χ0n) is 20.8. The Bertz CT molecular complexity index is 744. The van der Waals surface area contributed by atoms with Crippen molar-refractivity contribution >= 4 is 0 Å². The Morgan fingerprint density at radius 2 is 2.10 bits per heavy atom. The summed E-state index contributed by atoms with van der Waals surface area (Å²) in [5.41, 5.74) is 2.59. The monoisotopic (exact) mass is 423 g/mol. The van der Waals surface area contributed by atoms with Gasteiger partial charge in [-0.3, -0.25) is 0 Å². The van der Waals surface area contributed by atoms with Gasteiger partial charge in [0.25, 0.3) is 0 Å². The van der Waals surface area contributed by atoms with Gasteiger partial charge in [0.15, 0.2) is 0 Å².